The van der Waals surface area contributed by atoms with Gasteiger partial charge >= 0.3 is 0 Å². The van der Waals surface area contributed by atoms with Crippen LogP contribution in [0.3, 0.4) is 0 Å². The Bertz CT molecular complexity index is 219. The summed E-state index contributed by atoms with van der Waals surface area (Å²) in [6, 6.07) is 0. The van der Waals surface area contributed by atoms with Crippen LogP contribution in [0.5, 0.6) is 0 Å². The first-order valence-electron chi connectivity index (χ1n) is 4.35. The summed E-state index contributed by atoms with van der Waals surface area (Å²) in [7, 11) is 1.39. The van der Waals surface area contributed by atoms with Gasteiger partial charge in [-0.25, -0.2) is 8.42 Å². The summed E-state index contributed by atoms with van der Waals surface area (Å²) in [5, 5.41) is 0. The van der Waals surface area contributed by atoms with Crippen LogP contribution in [0.15, 0.2) is 0 Å². The summed E-state index contributed by atoms with van der Waals surface area (Å²) in [6.07, 6.45) is 1.70. The predicted molar refractivity (Wildman–Crippen MR) is 49.9 cm³/mol. The van der Waals surface area contributed by atoms with Crippen LogP contribution in [-0.2, 0) is 9.84 Å². The van der Waals surface area contributed by atoms with Crippen LogP contribution in [0.2, 0.25) is 0 Å². The Morgan fingerprint density at radius 3 is 2.17 bits per heavy atom. The highest BCUT2D eigenvalue weighted by atomic mass is 32.2. The fraction of sp³-hybridized carbons (Fsp3) is 1.00. The van der Waals surface area contributed by atoms with Crippen molar-refractivity contribution in [3.8, 4) is 0 Å². The second-order valence-corrected chi connectivity index (χ2v) is 6.16. The second-order valence-electron chi connectivity index (χ2n) is 3.86. The third kappa shape index (κ3) is 3.11. The highest BCUT2D eigenvalue weighted by molar-refractivity contribution is 7.91. The maximum absolute atomic E-state index is 11.1. The highest BCUT2D eigenvalue weighted by Gasteiger charge is 2.23. The van der Waals surface area contributed by atoms with Gasteiger partial charge in [-0.15, -0.1) is 0 Å². The Labute approximate surface area is 74.7 Å². The molecule has 12 heavy (non-hydrogen) atoms. The first-order valence-corrected chi connectivity index (χ1v) is 6.17. The fourth-order valence-electron chi connectivity index (χ4n) is 1.64. The molecule has 0 amide bonds. The van der Waals surface area contributed by atoms with Gasteiger partial charge in [-0.2, -0.15) is 0 Å². The fourth-order valence-corrected chi connectivity index (χ4v) is 3.23. The number of nitrogens with zero attached hydrogens (tertiary/aromatic N) is 1. The van der Waals surface area contributed by atoms with E-state index in [1.807, 2.05) is 14.1 Å². The quantitative estimate of drug-likeness (QED) is 0.633. The summed E-state index contributed by atoms with van der Waals surface area (Å²) >= 11 is 0. The van der Waals surface area contributed by atoms with Crippen molar-refractivity contribution in [3.63, 3.8) is 0 Å². The van der Waals surface area contributed by atoms with Crippen molar-refractivity contribution < 1.29 is 8.42 Å². The summed E-state index contributed by atoms with van der Waals surface area (Å²) in [6.45, 7) is 1.02. The van der Waals surface area contributed by atoms with Crippen LogP contribution >= 0.6 is 0 Å². The van der Waals surface area contributed by atoms with Crippen molar-refractivity contribution in [2.24, 2.45) is 5.92 Å². The lowest BCUT2D eigenvalue weighted by molar-refractivity contribution is 0.308. The Morgan fingerprint density at radius 2 is 1.75 bits per heavy atom. The van der Waals surface area contributed by atoms with Gasteiger partial charge < -0.3 is 4.90 Å². The molecular weight excluding hydrogens is 174 g/mol. The number of hydrogen-bond donors (Lipinski definition) is 0. The zero-order valence-corrected chi connectivity index (χ0v) is 8.60. The molecule has 0 aliphatic carbocycles. The number of sulfone groups is 1. The van der Waals surface area contributed by atoms with Gasteiger partial charge in [0.25, 0.3) is 0 Å². The summed E-state index contributed by atoms with van der Waals surface area (Å²) in [5.74, 6) is 1.38. The molecular formula is C8H17NO2S. The van der Waals surface area contributed by atoms with Gasteiger partial charge in [-0.3, -0.25) is 0 Å². The maximum atomic E-state index is 11.1. The summed E-state index contributed by atoms with van der Waals surface area (Å²) in [4.78, 5) is 2.13. The van der Waals surface area contributed by atoms with Crippen molar-refractivity contribution >= 4 is 9.84 Å². The minimum absolute atomic E-state index is 0.394. The second kappa shape index (κ2) is 3.75. The Hall–Kier alpha value is -0.0900. The average Bonchev–Trinajstić information content (AvgIpc) is 1.93. The van der Waals surface area contributed by atoms with Crippen LogP contribution in [-0.4, -0.2) is 45.5 Å². The SMILES string of the molecule is CN(C)CC1CCS(=O)(=O)CC1. The average molecular weight is 191 g/mol. The van der Waals surface area contributed by atoms with Crippen LogP contribution in [0.4, 0.5) is 0 Å². The molecule has 0 aromatic carbocycles. The molecule has 0 spiro atoms. The van der Waals surface area contributed by atoms with E-state index in [9.17, 15) is 8.42 Å². The van der Waals surface area contributed by atoms with Crippen molar-refractivity contribution in [1.29, 1.82) is 0 Å². The van der Waals surface area contributed by atoms with E-state index in [0.717, 1.165) is 19.4 Å². The van der Waals surface area contributed by atoms with Gasteiger partial charge in [-0.05, 0) is 32.9 Å². The molecule has 1 saturated heterocycles. The first kappa shape index (κ1) is 9.99. The van der Waals surface area contributed by atoms with E-state index >= 15 is 0 Å². The molecule has 0 N–H and O–H groups in total. The standard InChI is InChI=1S/C8H17NO2S/c1-9(2)7-8-3-5-12(10,11)6-4-8/h8H,3-7H2,1-2H3. The van der Waals surface area contributed by atoms with E-state index in [1.54, 1.807) is 0 Å². The topological polar surface area (TPSA) is 37.4 Å². The molecule has 0 atom stereocenters. The van der Waals surface area contributed by atoms with Crippen molar-refractivity contribution in [1.82, 2.24) is 4.90 Å². The summed E-state index contributed by atoms with van der Waals surface area (Å²) in [5.41, 5.74) is 0. The van der Waals surface area contributed by atoms with Gasteiger partial charge in [0, 0.05) is 6.54 Å². The van der Waals surface area contributed by atoms with Gasteiger partial charge in [-0.1, -0.05) is 0 Å². The van der Waals surface area contributed by atoms with E-state index in [2.05, 4.69) is 4.90 Å². The minimum atomic E-state index is -2.67. The van der Waals surface area contributed by atoms with Gasteiger partial charge in [0.05, 0.1) is 11.5 Å². The zero-order chi connectivity index (χ0) is 9.19. The predicted octanol–water partition coefficient (Wildman–Crippen LogP) is 0.373. The number of hydrogen-bond acceptors (Lipinski definition) is 3. The molecule has 0 unspecified atom stereocenters. The largest absolute Gasteiger partial charge is 0.309 e. The van der Waals surface area contributed by atoms with E-state index < -0.39 is 9.84 Å². The monoisotopic (exact) mass is 191 g/mol. The molecule has 0 aromatic heterocycles. The molecule has 1 rings (SSSR count). The smallest absolute Gasteiger partial charge is 0.150 e. The lowest BCUT2D eigenvalue weighted by atomic mass is 10.0. The molecule has 0 radical (unpaired) electrons. The Kier molecular flexibility index (Phi) is 3.12. The van der Waals surface area contributed by atoms with Crippen LogP contribution in [0, 0.1) is 5.92 Å². The number of rotatable bonds is 2. The first-order chi connectivity index (χ1) is 5.49. The Morgan fingerprint density at radius 1 is 1.25 bits per heavy atom. The molecule has 1 aliphatic rings. The van der Waals surface area contributed by atoms with Crippen molar-refractivity contribution in [2.45, 2.75) is 12.8 Å². The molecule has 72 valence electrons. The van der Waals surface area contributed by atoms with Crippen LogP contribution in [0.1, 0.15) is 12.8 Å². The molecule has 3 nitrogen and oxygen atoms in total. The third-order valence-corrected chi connectivity index (χ3v) is 4.01. The molecule has 0 aromatic rings. The van der Waals surface area contributed by atoms with E-state index in [0.29, 0.717) is 17.4 Å². The lowest BCUT2D eigenvalue weighted by Crippen LogP contribution is -2.30. The van der Waals surface area contributed by atoms with Crippen molar-refractivity contribution in [2.75, 3.05) is 32.1 Å². The molecule has 0 bridgehead atoms. The van der Waals surface area contributed by atoms with Crippen molar-refractivity contribution in [3.05, 3.63) is 0 Å². The molecule has 4 heteroatoms. The Balaban J connectivity index is 2.36. The van der Waals surface area contributed by atoms with E-state index in [-0.39, 0.29) is 0 Å². The summed E-state index contributed by atoms with van der Waals surface area (Å²) < 4.78 is 22.1. The maximum Gasteiger partial charge on any atom is 0.150 e. The minimum Gasteiger partial charge on any atom is -0.309 e. The molecule has 0 saturated carbocycles. The van der Waals surface area contributed by atoms with Gasteiger partial charge in [0.2, 0.25) is 0 Å². The molecule has 1 fully saturated rings. The van der Waals surface area contributed by atoms with Gasteiger partial charge in [0.15, 0.2) is 0 Å². The van der Waals surface area contributed by atoms with Crippen LogP contribution < -0.4 is 0 Å². The van der Waals surface area contributed by atoms with E-state index in [1.165, 1.54) is 0 Å². The third-order valence-electron chi connectivity index (χ3n) is 2.30. The van der Waals surface area contributed by atoms with Crippen LogP contribution in [0.25, 0.3) is 0 Å². The van der Waals surface area contributed by atoms with Gasteiger partial charge in [0.1, 0.15) is 9.84 Å². The van der Waals surface area contributed by atoms with E-state index in [4.69, 9.17) is 0 Å². The molecule has 1 heterocycles. The molecule has 1 aliphatic heterocycles. The normalized spacial score (nSPS) is 24.6. The highest BCUT2D eigenvalue weighted by Crippen LogP contribution is 2.18. The lowest BCUT2D eigenvalue weighted by Gasteiger charge is -2.24. The zero-order valence-electron chi connectivity index (χ0n) is 7.78.